The molecule has 0 saturated carbocycles. The molecule has 1 amide bonds. The lowest BCUT2D eigenvalue weighted by molar-refractivity contribution is -0.134. The third-order valence-electron chi connectivity index (χ3n) is 3.81. The van der Waals surface area contributed by atoms with E-state index >= 15 is 0 Å². The molecule has 1 atom stereocenters. The van der Waals surface area contributed by atoms with Gasteiger partial charge in [-0.05, 0) is 35.9 Å². The Bertz CT molecular complexity index is 733. The van der Waals surface area contributed by atoms with Crippen molar-refractivity contribution in [1.29, 1.82) is 0 Å². The van der Waals surface area contributed by atoms with E-state index in [9.17, 15) is 9.59 Å². The molecule has 24 heavy (non-hydrogen) atoms. The number of hydrogen-bond acceptors (Lipinski definition) is 4. The van der Waals surface area contributed by atoms with Crippen molar-refractivity contribution < 1.29 is 23.8 Å². The maximum atomic E-state index is 12.3. The Hall–Kier alpha value is -2.86. The lowest BCUT2D eigenvalue weighted by Gasteiger charge is -2.31. The molecular weight excluding hydrogens is 310 g/mol. The first-order chi connectivity index (χ1) is 11.6. The van der Waals surface area contributed by atoms with E-state index in [4.69, 9.17) is 14.3 Å². The van der Waals surface area contributed by atoms with Crippen LogP contribution < -0.4 is 0 Å². The SMILES string of the molecule is O=C(O)c1ccc(C=CC(=O)N2CCOC(c3ccco3)C2)cc1. The molecule has 1 aliphatic rings. The first-order valence-electron chi connectivity index (χ1n) is 7.59. The number of rotatable bonds is 4. The second-order valence-corrected chi connectivity index (χ2v) is 5.42. The van der Waals surface area contributed by atoms with E-state index in [0.29, 0.717) is 25.5 Å². The third kappa shape index (κ3) is 3.72. The number of carboxylic acids is 1. The molecule has 6 nitrogen and oxygen atoms in total. The number of ether oxygens (including phenoxy) is 1. The highest BCUT2D eigenvalue weighted by Crippen LogP contribution is 2.22. The van der Waals surface area contributed by atoms with Crippen LogP contribution in [0.2, 0.25) is 0 Å². The molecule has 0 aliphatic carbocycles. The molecule has 2 heterocycles. The van der Waals surface area contributed by atoms with Crippen molar-refractivity contribution in [2.24, 2.45) is 0 Å². The van der Waals surface area contributed by atoms with Crippen LogP contribution in [-0.2, 0) is 9.53 Å². The lowest BCUT2D eigenvalue weighted by atomic mass is 10.1. The summed E-state index contributed by atoms with van der Waals surface area (Å²) in [6.45, 7) is 1.42. The molecule has 0 spiro atoms. The Morgan fingerprint density at radius 2 is 2.00 bits per heavy atom. The van der Waals surface area contributed by atoms with E-state index in [1.807, 2.05) is 6.07 Å². The average molecular weight is 327 g/mol. The highest BCUT2D eigenvalue weighted by Gasteiger charge is 2.25. The molecule has 1 unspecified atom stereocenters. The first kappa shape index (κ1) is 16.0. The topological polar surface area (TPSA) is 80.0 Å². The van der Waals surface area contributed by atoms with Crippen molar-refractivity contribution in [3.63, 3.8) is 0 Å². The Kier molecular flexibility index (Phi) is 4.77. The highest BCUT2D eigenvalue weighted by atomic mass is 16.5. The summed E-state index contributed by atoms with van der Waals surface area (Å²) in [5.41, 5.74) is 0.983. The number of aromatic carboxylic acids is 1. The fourth-order valence-corrected chi connectivity index (χ4v) is 2.51. The normalized spacial score (nSPS) is 18.0. The van der Waals surface area contributed by atoms with Crippen molar-refractivity contribution in [1.82, 2.24) is 4.90 Å². The van der Waals surface area contributed by atoms with Gasteiger partial charge < -0.3 is 19.2 Å². The van der Waals surface area contributed by atoms with Gasteiger partial charge in [-0.2, -0.15) is 0 Å². The zero-order chi connectivity index (χ0) is 16.9. The van der Waals surface area contributed by atoms with Crippen molar-refractivity contribution in [2.45, 2.75) is 6.10 Å². The summed E-state index contributed by atoms with van der Waals surface area (Å²) in [4.78, 5) is 24.8. The Morgan fingerprint density at radius 3 is 2.67 bits per heavy atom. The van der Waals surface area contributed by atoms with Gasteiger partial charge in [-0.25, -0.2) is 4.79 Å². The van der Waals surface area contributed by atoms with Crippen molar-refractivity contribution in [2.75, 3.05) is 19.7 Å². The summed E-state index contributed by atoms with van der Waals surface area (Å²) in [5.74, 6) is -0.378. The van der Waals surface area contributed by atoms with Crippen LogP contribution >= 0.6 is 0 Å². The number of carboxylic acid groups (broad SMARTS) is 1. The van der Waals surface area contributed by atoms with Crippen LogP contribution in [0, 0.1) is 0 Å². The number of morpholine rings is 1. The number of furan rings is 1. The van der Waals surface area contributed by atoms with E-state index < -0.39 is 5.97 Å². The summed E-state index contributed by atoms with van der Waals surface area (Å²) in [6.07, 6.45) is 4.49. The average Bonchev–Trinajstić information content (AvgIpc) is 3.15. The molecule has 2 aromatic rings. The summed E-state index contributed by atoms with van der Waals surface area (Å²) in [7, 11) is 0. The van der Waals surface area contributed by atoms with Gasteiger partial charge in [-0.15, -0.1) is 0 Å². The second-order valence-electron chi connectivity index (χ2n) is 5.42. The van der Waals surface area contributed by atoms with E-state index in [0.717, 1.165) is 5.56 Å². The summed E-state index contributed by atoms with van der Waals surface area (Å²) >= 11 is 0. The molecule has 1 fully saturated rings. The van der Waals surface area contributed by atoms with Gasteiger partial charge in [-0.3, -0.25) is 4.79 Å². The van der Waals surface area contributed by atoms with Gasteiger partial charge in [0.05, 0.1) is 25.0 Å². The van der Waals surface area contributed by atoms with Crippen LogP contribution in [0.3, 0.4) is 0 Å². The van der Waals surface area contributed by atoms with Crippen molar-refractivity contribution in [3.05, 3.63) is 65.6 Å². The van der Waals surface area contributed by atoms with Crippen LogP contribution in [0.25, 0.3) is 6.08 Å². The zero-order valence-electron chi connectivity index (χ0n) is 12.9. The van der Waals surface area contributed by atoms with Gasteiger partial charge in [0.25, 0.3) is 0 Å². The lowest BCUT2D eigenvalue weighted by Crippen LogP contribution is -2.41. The zero-order valence-corrected chi connectivity index (χ0v) is 12.9. The molecule has 3 rings (SSSR count). The summed E-state index contributed by atoms with van der Waals surface area (Å²) < 4.78 is 11.0. The van der Waals surface area contributed by atoms with Crippen LogP contribution in [0.5, 0.6) is 0 Å². The molecule has 124 valence electrons. The molecule has 1 N–H and O–H groups in total. The minimum Gasteiger partial charge on any atom is -0.478 e. The van der Waals surface area contributed by atoms with E-state index in [-0.39, 0.29) is 17.6 Å². The molecule has 1 aromatic heterocycles. The van der Waals surface area contributed by atoms with E-state index in [1.165, 1.54) is 18.2 Å². The third-order valence-corrected chi connectivity index (χ3v) is 3.81. The van der Waals surface area contributed by atoms with E-state index in [1.54, 1.807) is 35.4 Å². The smallest absolute Gasteiger partial charge is 0.335 e. The predicted molar refractivity (Wildman–Crippen MR) is 86.4 cm³/mol. The van der Waals surface area contributed by atoms with Gasteiger partial charge in [0.1, 0.15) is 11.9 Å². The van der Waals surface area contributed by atoms with Gasteiger partial charge >= 0.3 is 5.97 Å². The molecule has 1 aliphatic heterocycles. The standard InChI is InChI=1S/C18H17NO5/c20-17(8-5-13-3-6-14(7-4-13)18(21)22)19-9-11-24-16(12-19)15-2-1-10-23-15/h1-8,10,16H,9,11-12H2,(H,21,22). The number of benzene rings is 1. The Labute approximate surface area is 138 Å². The number of carbonyl (C=O) groups is 2. The maximum Gasteiger partial charge on any atom is 0.335 e. The molecule has 1 saturated heterocycles. The fraction of sp³-hybridized carbons (Fsp3) is 0.222. The van der Waals surface area contributed by atoms with Crippen LogP contribution in [0.15, 0.2) is 53.2 Å². The highest BCUT2D eigenvalue weighted by molar-refractivity contribution is 5.92. The van der Waals surface area contributed by atoms with Crippen LogP contribution in [0.1, 0.15) is 27.8 Å². The van der Waals surface area contributed by atoms with Gasteiger partial charge in [0, 0.05) is 12.6 Å². The van der Waals surface area contributed by atoms with Crippen molar-refractivity contribution >= 4 is 18.0 Å². The Balaban J connectivity index is 1.62. The minimum atomic E-state index is -0.973. The molecule has 6 heteroatoms. The number of hydrogen-bond donors (Lipinski definition) is 1. The molecule has 1 aromatic carbocycles. The maximum absolute atomic E-state index is 12.3. The Morgan fingerprint density at radius 1 is 1.21 bits per heavy atom. The second kappa shape index (κ2) is 7.14. The van der Waals surface area contributed by atoms with Gasteiger partial charge in [0.2, 0.25) is 5.91 Å². The number of nitrogens with zero attached hydrogens (tertiary/aromatic N) is 1. The first-order valence-corrected chi connectivity index (χ1v) is 7.59. The quantitative estimate of drug-likeness (QED) is 0.873. The predicted octanol–water partition coefficient (Wildman–Crippen LogP) is 2.59. The molecular formula is C18H17NO5. The number of carbonyl (C=O) groups excluding carboxylic acids is 1. The number of amides is 1. The van der Waals surface area contributed by atoms with Crippen molar-refractivity contribution in [3.8, 4) is 0 Å². The molecule has 0 bridgehead atoms. The monoisotopic (exact) mass is 327 g/mol. The van der Waals surface area contributed by atoms with Crippen LogP contribution in [0.4, 0.5) is 0 Å². The minimum absolute atomic E-state index is 0.114. The van der Waals surface area contributed by atoms with Gasteiger partial charge in [0.15, 0.2) is 0 Å². The van der Waals surface area contributed by atoms with Gasteiger partial charge in [-0.1, -0.05) is 12.1 Å². The molecule has 0 radical (unpaired) electrons. The summed E-state index contributed by atoms with van der Waals surface area (Å²) in [6, 6.07) is 9.97. The van der Waals surface area contributed by atoms with E-state index in [2.05, 4.69) is 0 Å². The fourth-order valence-electron chi connectivity index (χ4n) is 2.51. The van der Waals surface area contributed by atoms with Crippen LogP contribution in [-0.4, -0.2) is 41.6 Å². The summed E-state index contributed by atoms with van der Waals surface area (Å²) in [5, 5.41) is 8.87. The largest absolute Gasteiger partial charge is 0.478 e.